The smallest absolute Gasteiger partial charge is 0.303 e. The quantitative estimate of drug-likeness (QED) is 0.193. The minimum absolute atomic E-state index is 0.0253. The molecule has 2 aromatic rings. The standard InChI is InChI=1S/2C10H12O2S.C4H10O3/c2*11-10(12)7-6-9(13)8-4-2-1-3-5-8;5-1-3-7-4-2-6/h2*1-5,9,13H,6-7H2,(H,11,12);5-6H,1-4H2. The van der Waals surface area contributed by atoms with Gasteiger partial charge in [-0.1, -0.05) is 60.7 Å². The van der Waals surface area contributed by atoms with Gasteiger partial charge in [-0.25, -0.2) is 0 Å². The summed E-state index contributed by atoms with van der Waals surface area (Å²) in [6.45, 7) is 0.696. The lowest BCUT2D eigenvalue weighted by molar-refractivity contribution is -0.138. The Bertz CT molecular complexity index is 681. The number of thiol groups is 2. The summed E-state index contributed by atoms with van der Waals surface area (Å²) in [5.41, 5.74) is 2.15. The van der Waals surface area contributed by atoms with E-state index >= 15 is 0 Å². The van der Waals surface area contributed by atoms with Gasteiger partial charge in [0.15, 0.2) is 0 Å². The van der Waals surface area contributed by atoms with E-state index in [9.17, 15) is 9.59 Å². The highest BCUT2D eigenvalue weighted by atomic mass is 32.1. The van der Waals surface area contributed by atoms with Crippen LogP contribution in [-0.2, 0) is 14.3 Å². The predicted octanol–water partition coefficient (Wildman–Crippen LogP) is 4.03. The SMILES string of the molecule is O=C(O)CCC(S)c1ccccc1.O=C(O)CCC(S)c1ccccc1.OCCOCCO. The molecule has 33 heavy (non-hydrogen) atoms. The van der Waals surface area contributed by atoms with E-state index in [1.54, 1.807) is 0 Å². The molecule has 0 aromatic heterocycles. The van der Waals surface area contributed by atoms with Crippen molar-refractivity contribution in [2.24, 2.45) is 0 Å². The van der Waals surface area contributed by atoms with Crippen LogP contribution < -0.4 is 0 Å². The average molecular weight is 499 g/mol. The van der Waals surface area contributed by atoms with Gasteiger partial charge in [0.25, 0.3) is 0 Å². The van der Waals surface area contributed by atoms with Crippen molar-refractivity contribution < 1.29 is 34.8 Å². The molecule has 2 aromatic carbocycles. The van der Waals surface area contributed by atoms with E-state index in [1.807, 2.05) is 60.7 Å². The maximum absolute atomic E-state index is 10.3. The summed E-state index contributed by atoms with van der Waals surface area (Å²) in [7, 11) is 0. The molecule has 0 bridgehead atoms. The van der Waals surface area contributed by atoms with Crippen LogP contribution in [-0.4, -0.2) is 58.8 Å². The summed E-state index contributed by atoms with van der Waals surface area (Å²) in [6.07, 6.45) is 1.48. The third-order valence-corrected chi connectivity index (χ3v) is 5.22. The second-order valence-electron chi connectivity index (χ2n) is 6.78. The number of aliphatic carboxylic acids is 2. The number of hydrogen-bond acceptors (Lipinski definition) is 7. The van der Waals surface area contributed by atoms with Gasteiger partial charge in [0.1, 0.15) is 0 Å². The van der Waals surface area contributed by atoms with Gasteiger partial charge in [0, 0.05) is 23.3 Å². The Morgan fingerprint density at radius 3 is 1.30 bits per heavy atom. The minimum atomic E-state index is -0.769. The van der Waals surface area contributed by atoms with Crippen LogP contribution in [0.4, 0.5) is 0 Å². The van der Waals surface area contributed by atoms with Crippen LogP contribution in [0.1, 0.15) is 47.3 Å². The van der Waals surface area contributed by atoms with Crippen molar-refractivity contribution in [1.82, 2.24) is 0 Å². The molecule has 0 amide bonds. The van der Waals surface area contributed by atoms with Crippen LogP contribution in [0, 0.1) is 0 Å². The normalized spacial score (nSPS) is 11.8. The largest absolute Gasteiger partial charge is 0.481 e. The summed E-state index contributed by atoms with van der Waals surface area (Å²) in [5, 5.41) is 33.2. The maximum Gasteiger partial charge on any atom is 0.303 e. The van der Waals surface area contributed by atoms with E-state index in [-0.39, 0.29) is 36.6 Å². The molecule has 9 heteroatoms. The van der Waals surface area contributed by atoms with Crippen molar-refractivity contribution in [2.45, 2.75) is 36.2 Å². The topological polar surface area (TPSA) is 124 Å². The molecular formula is C24H34O7S2. The van der Waals surface area contributed by atoms with E-state index < -0.39 is 11.9 Å². The highest BCUT2D eigenvalue weighted by Gasteiger charge is 2.08. The van der Waals surface area contributed by atoms with Crippen LogP contribution >= 0.6 is 25.3 Å². The molecule has 0 saturated heterocycles. The molecule has 2 rings (SSSR count). The van der Waals surface area contributed by atoms with E-state index in [4.69, 9.17) is 20.4 Å². The molecule has 0 aliphatic rings. The number of benzene rings is 2. The summed E-state index contributed by atoms with van der Waals surface area (Å²) in [5.74, 6) is -1.54. The molecule has 0 saturated carbocycles. The first-order valence-corrected chi connectivity index (χ1v) is 11.5. The predicted molar refractivity (Wildman–Crippen MR) is 135 cm³/mol. The molecule has 184 valence electrons. The summed E-state index contributed by atoms with van der Waals surface area (Å²) >= 11 is 8.66. The molecule has 2 atom stereocenters. The summed E-state index contributed by atoms with van der Waals surface area (Å²) in [6, 6.07) is 19.4. The van der Waals surface area contributed by atoms with Crippen LogP contribution in [0.3, 0.4) is 0 Å². The van der Waals surface area contributed by atoms with Gasteiger partial charge in [-0.3, -0.25) is 9.59 Å². The van der Waals surface area contributed by atoms with Crippen molar-refractivity contribution in [1.29, 1.82) is 0 Å². The van der Waals surface area contributed by atoms with Crippen molar-refractivity contribution in [3.63, 3.8) is 0 Å². The number of aliphatic hydroxyl groups is 2. The second kappa shape index (κ2) is 20.6. The van der Waals surface area contributed by atoms with Gasteiger partial charge in [0.05, 0.1) is 26.4 Å². The molecule has 2 unspecified atom stereocenters. The summed E-state index contributed by atoms with van der Waals surface area (Å²) < 4.78 is 4.63. The Balaban J connectivity index is 0.000000490. The first-order valence-electron chi connectivity index (χ1n) is 10.5. The van der Waals surface area contributed by atoms with E-state index in [1.165, 1.54) is 0 Å². The molecular weight excluding hydrogens is 464 g/mol. The fraction of sp³-hybridized carbons (Fsp3) is 0.417. The van der Waals surface area contributed by atoms with Gasteiger partial charge >= 0.3 is 11.9 Å². The number of hydrogen-bond donors (Lipinski definition) is 6. The highest BCUT2D eigenvalue weighted by Crippen LogP contribution is 2.25. The molecule has 0 aliphatic carbocycles. The van der Waals surface area contributed by atoms with Gasteiger partial charge in [-0.15, -0.1) is 0 Å². The zero-order chi connectivity index (χ0) is 24.9. The fourth-order valence-corrected chi connectivity index (χ4v) is 3.04. The highest BCUT2D eigenvalue weighted by molar-refractivity contribution is 7.80. The van der Waals surface area contributed by atoms with E-state index in [0.29, 0.717) is 26.1 Å². The van der Waals surface area contributed by atoms with Gasteiger partial charge in [-0.2, -0.15) is 25.3 Å². The van der Waals surface area contributed by atoms with Crippen molar-refractivity contribution in [3.05, 3.63) is 71.8 Å². The Kier molecular flexibility index (Phi) is 19.3. The second-order valence-corrected chi connectivity index (χ2v) is 8.02. The number of aliphatic hydroxyl groups excluding tert-OH is 2. The maximum atomic E-state index is 10.3. The average Bonchev–Trinajstić information content (AvgIpc) is 2.83. The molecule has 0 spiro atoms. The number of ether oxygens (including phenoxy) is 1. The van der Waals surface area contributed by atoms with Crippen LogP contribution in [0.5, 0.6) is 0 Å². The number of carboxylic acids is 2. The molecule has 0 heterocycles. The third kappa shape index (κ3) is 18.1. The van der Waals surface area contributed by atoms with E-state index in [0.717, 1.165) is 11.1 Å². The van der Waals surface area contributed by atoms with Gasteiger partial charge in [-0.05, 0) is 24.0 Å². The Morgan fingerprint density at radius 1 is 0.697 bits per heavy atom. The molecule has 4 N–H and O–H groups in total. The van der Waals surface area contributed by atoms with Gasteiger partial charge < -0.3 is 25.2 Å². The number of rotatable bonds is 12. The van der Waals surface area contributed by atoms with Crippen molar-refractivity contribution in [2.75, 3.05) is 26.4 Å². The van der Waals surface area contributed by atoms with Gasteiger partial charge in [0.2, 0.25) is 0 Å². The first kappa shape index (κ1) is 31.0. The Hall–Kier alpha value is -2.04. The monoisotopic (exact) mass is 498 g/mol. The Morgan fingerprint density at radius 2 is 1.03 bits per heavy atom. The molecule has 0 fully saturated rings. The molecule has 0 radical (unpaired) electrons. The van der Waals surface area contributed by atoms with Crippen LogP contribution in [0.2, 0.25) is 0 Å². The minimum Gasteiger partial charge on any atom is -0.481 e. The lowest BCUT2D eigenvalue weighted by Crippen LogP contribution is -2.03. The Labute approximate surface area is 206 Å². The molecule has 0 aliphatic heterocycles. The lowest BCUT2D eigenvalue weighted by atomic mass is 10.1. The van der Waals surface area contributed by atoms with Crippen LogP contribution in [0.25, 0.3) is 0 Å². The van der Waals surface area contributed by atoms with Crippen molar-refractivity contribution >= 4 is 37.2 Å². The fourth-order valence-electron chi connectivity index (χ4n) is 2.44. The van der Waals surface area contributed by atoms with Crippen LogP contribution in [0.15, 0.2) is 60.7 Å². The zero-order valence-corrected chi connectivity index (χ0v) is 20.3. The van der Waals surface area contributed by atoms with Crippen molar-refractivity contribution in [3.8, 4) is 0 Å². The summed E-state index contributed by atoms with van der Waals surface area (Å²) in [4.78, 5) is 20.6. The third-order valence-electron chi connectivity index (χ3n) is 4.10. The zero-order valence-electron chi connectivity index (χ0n) is 18.5. The van der Waals surface area contributed by atoms with E-state index in [2.05, 4.69) is 30.0 Å². The molecule has 7 nitrogen and oxygen atoms in total. The number of carboxylic acid groups (broad SMARTS) is 2. The lowest BCUT2D eigenvalue weighted by Gasteiger charge is -2.08. The number of carbonyl (C=O) groups is 2. The first-order chi connectivity index (χ1) is 15.8.